The Morgan fingerprint density at radius 3 is 2.87 bits per heavy atom. The molecule has 10 heteroatoms. The highest BCUT2D eigenvalue weighted by atomic mass is 16.4. The summed E-state index contributed by atoms with van der Waals surface area (Å²) in [6.07, 6.45) is 7.69. The summed E-state index contributed by atoms with van der Waals surface area (Å²) in [5.74, 6) is 0.444. The molecule has 156 valence electrons. The summed E-state index contributed by atoms with van der Waals surface area (Å²) < 4.78 is 1.25. The number of aromatic carboxylic acids is 1. The van der Waals surface area contributed by atoms with Gasteiger partial charge in [-0.25, -0.2) is 9.78 Å². The monoisotopic (exact) mass is 418 g/mol. The van der Waals surface area contributed by atoms with Gasteiger partial charge in [0.1, 0.15) is 17.7 Å². The summed E-state index contributed by atoms with van der Waals surface area (Å²) in [4.78, 5) is 44.8. The second-order valence-electron chi connectivity index (χ2n) is 7.06. The zero-order valence-corrected chi connectivity index (χ0v) is 16.5. The van der Waals surface area contributed by atoms with E-state index in [0.717, 1.165) is 11.1 Å². The van der Waals surface area contributed by atoms with E-state index in [2.05, 4.69) is 31.6 Å². The lowest BCUT2D eigenvalue weighted by molar-refractivity contribution is 0.0695. The first-order valence-electron chi connectivity index (χ1n) is 9.49. The maximum atomic E-state index is 13.1. The maximum Gasteiger partial charge on any atom is 0.335 e. The van der Waals surface area contributed by atoms with Crippen LogP contribution in [0, 0.1) is 19.3 Å². The molecule has 0 bridgehead atoms. The summed E-state index contributed by atoms with van der Waals surface area (Å²) >= 11 is 0. The topological polar surface area (TPSA) is 139 Å². The third-order valence-electron chi connectivity index (χ3n) is 5.30. The first kappa shape index (κ1) is 20.0. The van der Waals surface area contributed by atoms with Crippen LogP contribution in [-0.4, -0.2) is 49.0 Å². The summed E-state index contributed by atoms with van der Waals surface area (Å²) in [5.41, 5.74) is 2.87. The molecule has 0 aliphatic heterocycles. The van der Waals surface area contributed by atoms with Crippen molar-refractivity contribution in [3.8, 4) is 12.3 Å². The van der Waals surface area contributed by atoms with Crippen molar-refractivity contribution >= 4 is 23.6 Å². The highest BCUT2D eigenvalue weighted by molar-refractivity contribution is 5.98. The van der Waals surface area contributed by atoms with Gasteiger partial charge in [-0.1, -0.05) is 12.0 Å². The molecule has 1 atom stereocenters. The lowest BCUT2D eigenvalue weighted by Gasteiger charge is -2.16. The molecule has 0 spiro atoms. The molecule has 4 rings (SSSR count). The van der Waals surface area contributed by atoms with Crippen LogP contribution in [-0.2, 0) is 6.42 Å². The van der Waals surface area contributed by atoms with Crippen molar-refractivity contribution in [3.05, 3.63) is 58.2 Å². The number of rotatable bonds is 5. The van der Waals surface area contributed by atoms with E-state index in [1.807, 2.05) is 0 Å². The standard InChI is InChI=1S/C21H18N6O4/c1-3-8-22-18(28)16-9-17(27-21(26-16)23-10-24-27)19(29)25-15-7-6-12-11(2)13(20(30)31)4-5-14(12)15/h1,4-5,9-10,15H,6-8H2,2H3,(H,22,28)(H,25,29)(H,30,31)/t15-/m0/s1. The fraction of sp³-hybridized carbons (Fsp3) is 0.238. The number of aromatic nitrogens is 4. The Morgan fingerprint density at radius 1 is 1.32 bits per heavy atom. The maximum absolute atomic E-state index is 13.1. The number of hydrogen-bond acceptors (Lipinski definition) is 6. The summed E-state index contributed by atoms with van der Waals surface area (Å²) in [6.45, 7) is 1.80. The number of amides is 2. The highest BCUT2D eigenvalue weighted by Crippen LogP contribution is 2.34. The Morgan fingerprint density at radius 2 is 2.13 bits per heavy atom. The SMILES string of the molecule is C#CCNC(=O)c1cc(C(=O)N[C@H]2CCc3c2ccc(C(=O)O)c3C)n2ncnc2n1. The quantitative estimate of drug-likeness (QED) is 0.524. The van der Waals surface area contributed by atoms with Crippen LogP contribution in [0.15, 0.2) is 24.5 Å². The molecule has 3 aromatic rings. The number of terminal acetylenes is 1. The van der Waals surface area contributed by atoms with Gasteiger partial charge in [0.2, 0.25) is 0 Å². The molecule has 2 heterocycles. The largest absolute Gasteiger partial charge is 0.478 e. The van der Waals surface area contributed by atoms with Gasteiger partial charge in [0.15, 0.2) is 0 Å². The molecule has 31 heavy (non-hydrogen) atoms. The van der Waals surface area contributed by atoms with Gasteiger partial charge in [-0.3, -0.25) is 9.59 Å². The third-order valence-corrected chi connectivity index (χ3v) is 5.30. The summed E-state index contributed by atoms with van der Waals surface area (Å²) in [5, 5.41) is 18.8. The van der Waals surface area contributed by atoms with E-state index in [4.69, 9.17) is 6.42 Å². The van der Waals surface area contributed by atoms with Crippen molar-refractivity contribution in [2.45, 2.75) is 25.8 Å². The van der Waals surface area contributed by atoms with E-state index >= 15 is 0 Å². The molecular formula is C21H18N6O4. The molecule has 1 aliphatic carbocycles. The molecule has 3 N–H and O–H groups in total. The van der Waals surface area contributed by atoms with Crippen molar-refractivity contribution in [2.24, 2.45) is 0 Å². The van der Waals surface area contributed by atoms with Gasteiger partial charge in [-0.15, -0.1) is 6.42 Å². The molecule has 1 aliphatic rings. The molecule has 2 amide bonds. The van der Waals surface area contributed by atoms with Crippen LogP contribution < -0.4 is 10.6 Å². The van der Waals surface area contributed by atoms with Gasteiger partial charge in [0.25, 0.3) is 17.6 Å². The number of fused-ring (bicyclic) bond motifs is 2. The average Bonchev–Trinajstić information content (AvgIpc) is 3.38. The predicted octanol–water partition coefficient (Wildman–Crippen LogP) is 0.911. The molecule has 0 unspecified atom stereocenters. The number of carboxylic acids is 1. The van der Waals surface area contributed by atoms with Gasteiger partial charge >= 0.3 is 5.97 Å². The predicted molar refractivity (Wildman–Crippen MR) is 109 cm³/mol. The van der Waals surface area contributed by atoms with E-state index < -0.39 is 17.8 Å². The van der Waals surface area contributed by atoms with Gasteiger partial charge in [0.05, 0.1) is 18.2 Å². The molecule has 0 fully saturated rings. The van der Waals surface area contributed by atoms with Crippen LogP contribution in [0.25, 0.3) is 5.78 Å². The lowest BCUT2D eigenvalue weighted by Crippen LogP contribution is -2.31. The first-order valence-corrected chi connectivity index (χ1v) is 9.49. The second-order valence-corrected chi connectivity index (χ2v) is 7.06. The van der Waals surface area contributed by atoms with Crippen molar-refractivity contribution < 1.29 is 19.5 Å². The number of nitrogens with one attached hydrogen (secondary N) is 2. The van der Waals surface area contributed by atoms with Crippen LogP contribution in [0.5, 0.6) is 0 Å². The zero-order valence-electron chi connectivity index (χ0n) is 16.5. The number of nitrogens with zero attached hydrogens (tertiary/aromatic N) is 4. The first-order chi connectivity index (χ1) is 14.9. The number of carbonyl (C=O) groups excluding carboxylic acids is 2. The average molecular weight is 418 g/mol. The second kappa shape index (κ2) is 7.87. The fourth-order valence-corrected chi connectivity index (χ4v) is 3.81. The minimum atomic E-state index is -0.978. The van der Waals surface area contributed by atoms with E-state index in [9.17, 15) is 19.5 Å². The van der Waals surface area contributed by atoms with E-state index in [0.29, 0.717) is 18.4 Å². The number of hydrogen-bond donors (Lipinski definition) is 3. The smallest absolute Gasteiger partial charge is 0.335 e. The highest BCUT2D eigenvalue weighted by Gasteiger charge is 2.28. The van der Waals surface area contributed by atoms with Crippen molar-refractivity contribution in [1.82, 2.24) is 30.2 Å². The normalized spacial score (nSPS) is 14.6. The number of carbonyl (C=O) groups is 3. The van der Waals surface area contributed by atoms with E-state index in [-0.39, 0.29) is 35.3 Å². The molecular weight excluding hydrogens is 400 g/mol. The minimum Gasteiger partial charge on any atom is -0.478 e. The van der Waals surface area contributed by atoms with Crippen LogP contribution in [0.4, 0.5) is 0 Å². The van der Waals surface area contributed by atoms with Crippen molar-refractivity contribution in [1.29, 1.82) is 0 Å². The van der Waals surface area contributed by atoms with Gasteiger partial charge in [-0.2, -0.15) is 14.6 Å². The Balaban J connectivity index is 1.64. The van der Waals surface area contributed by atoms with Crippen LogP contribution in [0.2, 0.25) is 0 Å². The Kier molecular flexibility index (Phi) is 5.09. The molecule has 10 nitrogen and oxygen atoms in total. The van der Waals surface area contributed by atoms with E-state index in [1.165, 1.54) is 16.9 Å². The molecule has 0 radical (unpaired) electrons. The van der Waals surface area contributed by atoms with Gasteiger partial charge in [-0.05, 0) is 42.5 Å². The summed E-state index contributed by atoms with van der Waals surface area (Å²) in [6, 6.07) is 4.32. The van der Waals surface area contributed by atoms with Gasteiger partial charge < -0.3 is 15.7 Å². The van der Waals surface area contributed by atoms with Gasteiger partial charge in [0, 0.05) is 6.07 Å². The zero-order chi connectivity index (χ0) is 22.1. The molecule has 1 aromatic carbocycles. The number of benzene rings is 1. The fourth-order valence-electron chi connectivity index (χ4n) is 3.81. The van der Waals surface area contributed by atoms with Crippen LogP contribution >= 0.6 is 0 Å². The van der Waals surface area contributed by atoms with Crippen LogP contribution in [0.1, 0.15) is 60.5 Å². The molecule has 2 aromatic heterocycles. The number of carboxylic acid groups (broad SMARTS) is 1. The van der Waals surface area contributed by atoms with Crippen LogP contribution in [0.3, 0.4) is 0 Å². The molecule has 0 saturated heterocycles. The van der Waals surface area contributed by atoms with E-state index in [1.54, 1.807) is 19.1 Å². The Hall–Kier alpha value is -4.26. The van der Waals surface area contributed by atoms with Crippen molar-refractivity contribution in [2.75, 3.05) is 6.54 Å². The Bertz CT molecular complexity index is 1270. The Labute approximate surface area is 176 Å². The third kappa shape index (κ3) is 3.57. The molecule has 0 saturated carbocycles. The minimum absolute atomic E-state index is 0.00494. The summed E-state index contributed by atoms with van der Waals surface area (Å²) in [7, 11) is 0. The van der Waals surface area contributed by atoms with Crippen molar-refractivity contribution in [3.63, 3.8) is 0 Å². The lowest BCUT2D eigenvalue weighted by atomic mass is 9.98.